The van der Waals surface area contributed by atoms with Crippen molar-refractivity contribution in [2.75, 3.05) is 14.2 Å². The first-order valence-electron chi connectivity index (χ1n) is 3.84. The van der Waals surface area contributed by atoms with E-state index in [1.54, 1.807) is 20.0 Å². The lowest BCUT2D eigenvalue weighted by Crippen LogP contribution is -2.25. The molecule has 0 saturated carbocycles. The Morgan fingerprint density at radius 2 is 2.46 bits per heavy atom. The van der Waals surface area contributed by atoms with E-state index in [0.29, 0.717) is 12.2 Å². The second-order valence-corrected chi connectivity index (χ2v) is 2.75. The molecule has 1 heterocycles. The number of hydrogen-bond acceptors (Lipinski definition) is 4. The summed E-state index contributed by atoms with van der Waals surface area (Å²) in [5.74, 6) is 0.730. The van der Waals surface area contributed by atoms with Crippen LogP contribution in [0.1, 0.15) is 11.5 Å². The summed E-state index contributed by atoms with van der Waals surface area (Å²) in [6.45, 7) is 2.19. The molecule has 0 unspecified atom stereocenters. The van der Waals surface area contributed by atoms with Crippen LogP contribution in [0.4, 0.5) is 4.79 Å². The number of carbonyl (C=O) groups is 1. The Labute approximate surface area is 76.3 Å². The van der Waals surface area contributed by atoms with E-state index in [4.69, 9.17) is 4.52 Å². The number of aromatic nitrogens is 1. The van der Waals surface area contributed by atoms with Gasteiger partial charge in [0.25, 0.3) is 0 Å². The van der Waals surface area contributed by atoms with Crippen molar-refractivity contribution in [1.29, 1.82) is 0 Å². The maximum atomic E-state index is 11.0. The molecule has 0 aliphatic rings. The maximum Gasteiger partial charge on any atom is 0.409 e. The fraction of sp³-hybridized carbons (Fsp3) is 0.500. The second-order valence-electron chi connectivity index (χ2n) is 2.75. The largest absolute Gasteiger partial charge is 0.453 e. The number of aryl methyl sites for hydroxylation is 1. The van der Waals surface area contributed by atoms with Gasteiger partial charge in [0.1, 0.15) is 11.5 Å². The lowest BCUT2D eigenvalue weighted by Gasteiger charge is -2.12. The Balaban J connectivity index is 2.54. The summed E-state index contributed by atoms with van der Waals surface area (Å²) in [7, 11) is 2.97. The van der Waals surface area contributed by atoms with Crippen LogP contribution >= 0.6 is 0 Å². The third-order valence-corrected chi connectivity index (χ3v) is 1.56. The predicted octanol–water partition coefficient (Wildman–Crippen LogP) is 1.18. The van der Waals surface area contributed by atoms with Crippen LogP contribution in [0, 0.1) is 6.92 Å². The lowest BCUT2D eigenvalue weighted by atomic mass is 10.4. The molecule has 0 aliphatic heterocycles. The van der Waals surface area contributed by atoms with Gasteiger partial charge in [-0.3, -0.25) is 0 Å². The minimum atomic E-state index is -0.388. The summed E-state index contributed by atoms with van der Waals surface area (Å²) in [5, 5.41) is 3.75. The van der Waals surface area contributed by atoms with Crippen LogP contribution in [-0.4, -0.2) is 30.3 Å². The number of methoxy groups -OCH3 is 1. The molecule has 1 aromatic rings. The van der Waals surface area contributed by atoms with Crippen molar-refractivity contribution in [3.05, 3.63) is 17.5 Å². The predicted molar refractivity (Wildman–Crippen MR) is 45.1 cm³/mol. The molecule has 1 rings (SSSR count). The van der Waals surface area contributed by atoms with Gasteiger partial charge in [-0.2, -0.15) is 0 Å². The first kappa shape index (κ1) is 9.57. The van der Waals surface area contributed by atoms with Crippen LogP contribution in [0.5, 0.6) is 0 Å². The van der Waals surface area contributed by atoms with Gasteiger partial charge in [-0.1, -0.05) is 5.16 Å². The van der Waals surface area contributed by atoms with E-state index in [9.17, 15) is 4.79 Å². The van der Waals surface area contributed by atoms with E-state index in [1.165, 1.54) is 12.0 Å². The highest BCUT2D eigenvalue weighted by atomic mass is 16.5. The van der Waals surface area contributed by atoms with E-state index in [2.05, 4.69) is 9.89 Å². The number of amides is 1. The van der Waals surface area contributed by atoms with Crippen LogP contribution in [0.2, 0.25) is 0 Å². The second kappa shape index (κ2) is 3.93. The van der Waals surface area contributed by atoms with Crippen LogP contribution in [-0.2, 0) is 11.3 Å². The monoisotopic (exact) mass is 184 g/mol. The summed E-state index contributed by atoms with van der Waals surface area (Å²) in [6, 6.07) is 1.78. The van der Waals surface area contributed by atoms with Crippen LogP contribution in [0.3, 0.4) is 0 Å². The highest BCUT2D eigenvalue weighted by molar-refractivity contribution is 5.66. The third-order valence-electron chi connectivity index (χ3n) is 1.56. The summed E-state index contributed by atoms with van der Waals surface area (Å²) < 4.78 is 9.37. The summed E-state index contributed by atoms with van der Waals surface area (Å²) in [4.78, 5) is 12.4. The first-order valence-corrected chi connectivity index (χ1v) is 3.84. The van der Waals surface area contributed by atoms with E-state index >= 15 is 0 Å². The number of nitrogens with zero attached hydrogens (tertiary/aromatic N) is 2. The quantitative estimate of drug-likeness (QED) is 0.692. The van der Waals surface area contributed by atoms with Crippen molar-refractivity contribution in [3.63, 3.8) is 0 Å². The fourth-order valence-corrected chi connectivity index (χ4v) is 0.956. The van der Waals surface area contributed by atoms with Gasteiger partial charge in [0, 0.05) is 13.1 Å². The molecule has 72 valence electrons. The van der Waals surface area contributed by atoms with E-state index < -0.39 is 0 Å². The van der Waals surface area contributed by atoms with Gasteiger partial charge in [-0.05, 0) is 6.92 Å². The molecule has 5 nitrogen and oxygen atoms in total. The normalized spacial score (nSPS) is 9.77. The molecule has 0 fully saturated rings. The van der Waals surface area contributed by atoms with Crippen molar-refractivity contribution in [2.45, 2.75) is 13.5 Å². The van der Waals surface area contributed by atoms with Gasteiger partial charge in [0.15, 0.2) is 0 Å². The van der Waals surface area contributed by atoms with E-state index in [-0.39, 0.29) is 6.09 Å². The fourth-order valence-electron chi connectivity index (χ4n) is 0.956. The highest BCUT2D eigenvalue weighted by Crippen LogP contribution is 2.04. The Bertz CT molecular complexity index is 295. The van der Waals surface area contributed by atoms with Crippen molar-refractivity contribution in [3.8, 4) is 0 Å². The average Bonchev–Trinajstić information content (AvgIpc) is 2.49. The van der Waals surface area contributed by atoms with Crippen molar-refractivity contribution >= 4 is 6.09 Å². The van der Waals surface area contributed by atoms with Crippen molar-refractivity contribution in [1.82, 2.24) is 10.1 Å². The zero-order chi connectivity index (χ0) is 9.84. The van der Waals surface area contributed by atoms with Crippen LogP contribution in [0.25, 0.3) is 0 Å². The Morgan fingerprint density at radius 1 is 1.77 bits per heavy atom. The number of carbonyl (C=O) groups excluding carboxylic acids is 1. The molecule has 0 radical (unpaired) electrons. The molecule has 0 saturated heterocycles. The molecular formula is C8H12N2O3. The van der Waals surface area contributed by atoms with Crippen molar-refractivity contribution < 1.29 is 14.1 Å². The molecule has 1 amide bonds. The summed E-state index contributed by atoms with van der Waals surface area (Å²) in [5.41, 5.74) is 0.713. The topological polar surface area (TPSA) is 55.6 Å². The highest BCUT2D eigenvalue weighted by Gasteiger charge is 2.10. The zero-order valence-corrected chi connectivity index (χ0v) is 7.90. The average molecular weight is 184 g/mol. The smallest absolute Gasteiger partial charge is 0.409 e. The standard InChI is InChI=1S/C8H12N2O3/c1-6-4-7(9-13-6)5-10(2)8(11)12-3/h4H,5H2,1-3H3. The summed E-state index contributed by atoms with van der Waals surface area (Å²) >= 11 is 0. The molecule has 1 aromatic heterocycles. The van der Waals surface area contributed by atoms with Gasteiger partial charge in [0.05, 0.1) is 13.7 Å². The molecular weight excluding hydrogens is 172 g/mol. The molecule has 0 bridgehead atoms. The number of rotatable bonds is 2. The molecule has 0 atom stereocenters. The molecule has 5 heteroatoms. The van der Waals surface area contributed by atoms with E-state index in [0.717, 1.165) is 5.76 Å². The van der Waals surface area contributed by atoms with Gasteiger partial charge in [-0.15, -0.1) is 0 Å². The number of hydrogen-bond donors (Lipinski definition) is 0. The van der Waals surface area contributed by atoms with Gasteiger partial charge < -0.3 is 14.2 Å². The zero-order valence-electron chi connectivity index (χ0n) is 7.90. The Morgan fingerprint density at radius 3 is 2.92 bits per heavy atom. The Hall–Kier alpha value is -1.52. The maximum absolute atomic E-state index is 11.0. The molecule has 0 aliphatic carbocycles. The lowest BCUT2D eigenvalue weighted by molar-refractivity contribution is 0.130. The van der Waals surface area contributed by atoms with Crippen LogP contribution in [0.15, 0.2) is 10.6 Å². The van der Waals surface area contributed by atoms with E-state index in [1.807, 2.05) is 0 Å². The molecule has 0 N–H and O–H groups in total. The number of ether oxygens (including phenoxy) is 1. The van der Waals surface area contributed by atoms with Gasteiger partial charge in [0.2, 0.25) is 0 Å². The minimum Gasteiger partial charge on any atom is -0.453 e. The first-order chi connectivity index (χ1) is 6.13. The van der Waals surface area contributed by atoms with Gasteiger partial charge >= 0.3 is 6.09 Å². The SMILES string of the molecule is COC(=O)N(C)Cc1cc(C)on1. The summed E-state index contributed by atoms with van der Waals surface area (Å²) in [6.07, 6.45) is -0.388. The minimum absolute atomic E-state index is 0.388. The van der Waals surface area contributed by atoms with Crippen molar-refractivity contribution in [2.24, 2.45) is 0 Å². The molecule has 0 spiro atoms. The Kier molecular flexibility index (Phi) is 2.89. The molecule has 0 aromatic carbocycles. The van der Waals surface area contributed by atoms with Gasteiger partial charge in [-0.25, -0.2) is 4.79 Å². The molecule has 13 heavy (non-hydrogen) atoms. The van der Waals surface area contributed by atoms with Crippen LogP contribution < -0.4 is 0 Å². The third kappa shape index (κ3) is 2.47.